The van der Waals surface area contributed by atoms with Gasteiger partial charge in [0.1, 0.15) is 17.5 Å². The first-order valence-corrected chi connectivity index (χ1v) is 9.55. The van der Waals surface area contributed by atoms with Crippen LogP contribution in [0.3, 0.4) is 0 Å². The van der Waals surface area contributed by atoms with E-state index in [1.165, 1.54) is 12.1 Å². The summed E-state index contributed by atoms with van der Waals surface area (Å²) in [6.45, 7) is 9.06. The molecule has 144 valence electrons. The van der Waals surface area contributed by atoms with Gasteiger partial charge in [0.25, 0.3) is 0 Å². The molecule has 0 atom stereocenters. The fourth-order valence-corrected chi connectivity index (χ4v) is 3.28. The molecule has 1 amide bonds. The molecule has 5 nitrogen and oxygen atoms in total. The molecule has 2 aromatic rings. The molecule has 27 heavy (non-hydrogen) atoms. The number of hydrogen-bond donors (Lipinski definition) is 0. The number of amides is 1. The molecule has 1 saturated heterocycles. The van der Waals surface area contributed by atoms with Gasteiger partial charge >= 0.3 is 0 Å². The monoisotopic (exact) mass is 370 g/mol. The highest BCUT2D eigenvalue weighted by atomic mass is 19.1. The highest BCUT2D eigenvalue weighted by molar-refractivity contribution is 5.76. The van der Waals surface area contributed by atoms with E-state index in [-0.39, 0.29) is 17.6 Å². The van der Waals surface area contributed by atoms with Crippen LogP contribution in [0, 0.1) is 12.7 Å². The Morgan fingerprint density at radius 3 is 2.56 bits per heavy atom. The third kappa shape index (κ3) is 5.02. The number of aryl methyl sites for hydroxylation is 2. The summed E-state index contributed by atoms with van der Waals surface area (Å²) in [5.41, 5.74) is 1.83. The number of piperazine rings is 1. The highest BCUT2D eigenvalue weighted by Gasteiger charge is 2.22. The molecule has 1 aromatic heterocycles. The average Bonchev–Trinajstić information content (AvgIpc) is 2.66. The van der Waals surface area contributed by atoms with E-state index in [9.17, 15) is 9.18 Å². The minimum absolute atomic E-state index is 0.126. The molecule has 0 radical (unpaired) electrons. The fraction of sp³-hybridized carbons (Fsp3) is 0.476. The van der Waals surface area contributed by atoms with Gasteiger partial charge in [0.2, 0.25) is 5.91 Å². The van der Waals surface area contributed by atoms with Crippen LogP contribution in [0.1, 0.15) is 43.3 Å². The molecule has 0 spiro atoms. The van der Waals surface area contributed by atoms with Gasteiger partial charge in [-0.25, -0.2) is 14.4 Å². The quantitative estimate of drug-likeness (QED) is 0.810. The Morgan fingerprint density at radius 1 is 1.15 bits per heavy atom. The summed E-state index contributed by atoms with van der Waals surface area (Å²) in [6.07, 6.45) is 0.979. The summed E-state index contributed by atoms with van der Waals surface area (Å²) in [4.78, 5) is 25.8. The summed E-state index contributed by atoms with van der Waals surface area (Å²) in [6, 6.07) is 8.47. The van der Waals surface area contributed by atoms with Gasteiger partial charge in [0.05, 0.1) is 0 Å². The normalized spacial score (nSPS) is 14.7. The number of nitrogens with zero attached hydrogens (tertiary/aromatic N) is 4. The van der Waals surface area contributed by atoms with Crippen molar-refractivity contribution >= 4 is 11.7 Å². The molecule has 0 unspecified atom stereocenters. The van der Waals surface area contributed by atoms with Crippen LogP contribution in [0.4, 0.5) is 10.2 Å². The molecule has 0 N–H and O–H groups in total. The predicted molar refractivity (Wildman–Crippen MR) is 104 cm³/mol. The molecule has 0 bridgehead atoms. The Hall–Kier alpha value is -2.50. The van der Waals surface area contributed by atoms with Crippen molar-refractivity contribution in [2.75, 3.05) is 31.1 Å². The zero-order valence-electron chi connectivity index (χ0n) is 16.3. The number of benzene rings is 1. The second kappa shape index (κ2) is 8.46. The maximum Gasteiger partial charge on any atom is 0.223 e. The van der Waals surface area contributed by atoms with E-state index in [0.29, 0.717) is 25.9 Å². The first-order valence-electron chi connectivity index (χ1n) is 9.55. The molecule has 1 aliphatic heterocycles. The van der Waals surface area contributed by atoms with Gasteiger partial charge < -0.3 is 9.80 Å². The summed E-state index contributed by atoms with van der Waals surface area (Å²) >= 11 is 0. The number of hydrogen-bond acceptors (Lipinski definition) is 4. The Bertz CT molecular complexity index is 801. The molecular weight excluding hydrogens is 343 g/mol. The van der Waals surface area contributed by atoms with Crippen molar-refractivity contribution in [1.82, 2.24) is 14.9 Å². The minimum Gasteiger partial charge on any atom is -0.353 e. The summed E-state index contributed by atoms with van der Waals surface area (Å²) in [5.74, 6) is 1.96. The molecule has 1 fully saturated rings. The Labute approximate surface area is 160 Å². The number of aromatic nitrogens is 2. The lowest BCUT2D eigenvalue weighted by atomic mass is 10.1. The number of anilines is 1. The van der Waals surface area contributed by atoms with Crippen LogP contribution in [0.5, 0.6) is 0 Å². The van der Waals surface area contributed by atoms with Crippen LogP contribution in [0.25, 0.3) is 0 Å². The largest absolute Gasteiger partial charge is 0.353 e. The van der Waals surface area contributed by atoms with Gasteiger partial charge in [-0.05, 0) is 31.0 Å². The molecule has 3 rings (SSSR count). The van der Waals surface area contributed by atoms with E-state index in [0.717, 1.165) is 36.0 Å². The van der Waals surface area contributed by atoms with E-state index < -0.39 is 0 Å². The van der Waals surface area contributed by atoms with E-state index in [2.05, 4.69) is 28.7 Å². The molecule has 2 heterocycles. The Morgan fingerprint density at radius 2 is 1.89 bits per heavy atom. The molecule has 0 aliphatic carbocycles. The molecule has 0 saturated carbocycles. The first kappa shape index (κ1) is 19.3. The van der Waals surface area contributed by atoms with Crippen molar-refractivity contribution in [3.63, 3.8) is 0 Å². The Balaban J connectivity index is 1.55. The Kier molecular flexibility index (Phi) is 6.04. The number of halogens is 1. The van der Waals surface area contributed by atoms with Crippen LogP contribution in [0.15, 0.2) is 30.3 Å². The molecule has 6 heteroatoms. The lowest BCUT2D eigenvalue weighted by Crippen LogP contribution is -2.49. The van der Waals surface area contributed by atoms with Gasteiger partial charge in [0, 0.05) is 50.3 Å². The van der Waals surface area contributed by atoms with Crippen LogP contribution in [0.2, 0.25) is 0 Å². The molecule has 1 aromatic carbocycles. The second-order valence-electron chi connectivity index (χ2n) is 7.38. The van der Waals surface area contributed by atoms with Crippen molar-refractivity contribution < 1.29 is 9.18 Å². The van der Waals surface area contributed by atoms with E-state index in [1.54, 1.807) is 6.07 Å². The summed E-state index contributed by atoms with van der Waals surface area (Å²) in [7, 11) is 0. The number of carbonyl (C=O) groups is 1. The maximum absolute atomic E-state index is 13.2. The van der Waals surface area contributed by atoms with Gasteiger partial charge in [-0.15, -0.1) is 0 Å². The zero-order chi connectivity index (χ0) is 19.4. The topological polar surface area (TPSA) is 49.3 Å². The fourth-order valence-electron chi connectivity index (χ4n) is 3.28. The van der Waals surface area contributed by atoms with Crippen molar-refractivity contribution in [3.05, 3.63) is 53.2 Å². The van der Waals surface area contributed by atoms with Crippen molar-refractivity contribution in [2.45, 2.75) is 39.5 Å². The summed E-state index contributed by atoms with van der Waals surface area (Å²) < 4.78 is 13.2. The van der Waals surface area contributed by atoms with Gasteiger partial charge in [-0.2, -0.15) is 0 Å². The molecular formula is C21H27FN4O. The summed E-state index contributed by atoms with van der Waals surface area (Å²) in [5, 5.41) is 0. The average molecular weight is 370 g/mol. The second-order valence-corrected chi connectivity index (χ2v) is 7.38. The first-order chi connectivity index (χ1) is 12.9. The van der Waals surface area contributed by atoms with E-state index >= 15 is 0 Å². The minimum atomic E-state index is -0.255. The smallest absolute Gasteiger partial charge is 0.223 e. The van der Waals surface area contributed by atoms with E-state index in [4.69, 9.17) is 0 Å². The number of rotatable bonds is 5. The van der Waals surface area contributed by atoms with Gasteiger partial charge in [-0.1, -0.05) is 26.0 Å². The maximum atomic E-state index is 13.2. The third-order valence-corrected chi connectivity index (χ3v) is 4.85. The highest BCUT2D eigenvalue weighted by Crippen LogP contribution is 2.19. The van der Waals surface area contributed by atoms with Crippen LogP contribution in [-0.2, 0) is 11.2 Å². The van der Waals surface area contributed by atoms with Gasteiger partial charge in [-0.3, -0.25) is 4.79 Å². The third-order valence-electron chi connectivity index (χ3n) is 4.85. The SMILES string of the molecule is Cc1cc(N2CCN(C(=O)CCc3cccc(F)c3)CC2)nc(C(C)C)n1. The van der Waals surface area contributed by atoms with Crippen LogP contribution < -0.4 is 4.90 Å². The van der Waals surface area contributed by atoms with Crippen molar-refractivity contribution in [3.8, 4) is 0 Å². The van der Waals surface area contributed by atoms with E-state index in [1.807, 2.05) is 24.0 Å². The van der Waals surface area contributed by atoms with Crippen LogP contribution >= 0.6 is 0 Å². The standard InChI is InChI=1S/C21H27FN4O/c1-15(2)21-23-16(3)13-19(24-21)25-9-11-26(12-10-25)20(27)8-7-17-5-4-6-18(22)14-17/h4-6,13-15H,7-12H2,1-3H3. The lowest BCUT2D eigenvalue weighted by molar-refractivity contribution is -0.131. The van der Waals surface area contributed by atoms with Crippen LogP contribution in [-0.4, -0.2) is 47.0 Å². The van der Waals surface area contributed by atoms with Gasteiger partial charge in [0.15, 0.2) is 0 Å². The van der Waals surface area contributed by atoms with Crippen molar-refractivity contribution in [1.29, 1.82) is 0 Å². The predicted octanol–water partition coefficient (Wildman–Crippen LogP) is 3.33. The zero-order valence-corrected chi connectivity index (χ0v) is 16.3. The van der Waals surface area contributed by atoms with Crippen molar-refractivity contribution in [2.24, 2.45) is 0 Å². The molecule has 1 aliphatic rings. The number of carbonyl (C=O) groups excluding carboxylic acids is 1. The lowest BCUT2D eigenvalue weighted by Gasteiger charge is -2.35.